The highest BCUT2D eigenvalue weighted by molar-refractivity contribution is 5.88. The molecule has 21 heavy (non-hydrogen) atoms. The van der Waals surface area contributed by atoms with Crippen molar-refractivity contribution >= 4 is 11.8 Å². The minimum Gasteiger partial charge on any atom is -0.387 e. The van der Waals surface area contributed by atoms with E-state index in [1.807, 2.05) is 13.0 Å². The Balaban J connectivity index is 1.86. The molecule has 0 aliphatic rings. The molecule has 2 aromatic rings. The number of hydrogen-bond donors (Lipinski definition) is 3. The van der Waals surface area contributed by atoms with Gasteiger partial charge in [-0.3, -0.25) is 5.32 Å². The molecular formula is C15H16FN3O2. The number of halogens is 1. The Hall–Kier alpha value is -2.47. The van der Waals surface area contributed by atoms with Crippen LogP contribution < -0.4 is 10.6 Å². The Morgan fingerprint density at radius 3 is 2.81 bits per heavy atom. The molecule has 2 amide bonds. The van der Waals surface area contributed by atoms with Gasteiger partial charge in [0.15, 0.2) is 0 Å². The topological polar surface area (TPSA) is 74.2 Å². The van der Waals surface area contributed by atoms with Crippen LogP contribution in [0.5, 0.6) is 0 Å². The predicted octanol–water partition coefficient (Wildman–Crippen LogP) is 2.38. The zero-order valence-electron chi connectivity index (χ0n) is 11.5. The van der Waals surface area contributed by atoms with Gasteiger partial charge in [0.1, 0.15) is 11.6 Å². The molecule has 1 atom stereocenters. The molecule has 1 heterocycles. The second-order valence-corrected chi connectivity index (χ2v) is 4.57. The summed E-state index contributed by atoms with van der Waals surface area (Å²) in [5.74, 6) is -0.00675. The minimum atomic E-state index is -0.975. The highest BCUT2D eigenvalue weighted by atomic mass is 19.1. The summed E-state index contributed by atoms with van der Waals surface area (Å²) < 4.78 is 13.0. The summed E-state index contributed by atoms with van der Waals surface area (Å²) >= 11 is 0. The summed E-state index contributed by atoms with van der Waals surface area (Å²) in [6.07, 6.45) is -0.975. The lowest BCUT2D eigenvalue weighted by atomic mass is 10.1. The zero-order valence-corrected chi connectivity index (χ0v) is 11.5. The molecule has 5 nitrogen and oxygen atoms in total. The van der Waals surface area contributed by atoms with E-state index in [2.05, 4.69) is 15.6 Å². The smallest absolute Gasteiger partial charge is 0.320 e. The van der Waals surface area contributed by atoms with Crippen molar-refractivity contribution in [1.82, 2.24) is 10.3 Å². The molecule has 2 rings (SSSR count). The van der Waals surface area contributed by atoms with Crippen molar-refractivity contribution in [2.75, 3.05) is 11.9 Å². The van der Waals surface area contributed by atoms with Gasteiger partial charge in [-0.25, -0.2) is 14.2 Å². The number of aliphatic hydroxyl groups is 1. The lowest BCUT2D eigenvalue weighted by Gasteiger charge is -2.13. The number of carbonyl (C=O) groups excluding carboxylic acids is 1. The SMILES string of the molecule is Cc1cccc(NC(=O)NCC(O)c2cccc(F)c2)n1. The minimum absolute atomic E-state index is 0.0267. The number of benzene rings is 1. The van der Waals surface area contributed by atoms with Gasteiger partial charge in [0, 0.05) is 12.2 Å². The molecule has 0 aliphatic carbocycles. The van der Waals surface area contributed by atoms with E-state index in [0.717, 1.165) is 5.69 Å². The van der Waals surface area contributed by atoms with E-state index in [4.69, 9.17) is 0 Å². The van der Waals surface area contributed by atoms with Gasteiger partial charge in [0.2, 0.25) is 0 Å². The average molecular weight is 289 g/mol. The Bertz CT molecular complexity index is 634. The van der Waals surface area contributed by atoms with Crippen LogP contribution in [0.4, 0.5) is 15.0 Å². The molecule has 0 fully saturated rings. The van der Waals surface area contributed by atoms with E-state index in [9.17, 15) is 14.3 Å². The van der Waals surface area contributed by atoms with E-state index < -0.39 is 18.0 Å². The molecule has 1 aromatic heterocycles. The largest absolute Gasteiger partial charge is 0.387 e. The van der Waals surface area contributed by atoms with Crippen molar-refractivity contribution in [1.29, 1.82) is 0 Å². The molecule has 0 bridgehead atoms. The first-order valence-electron chi connectivity index (χ1n) is 6.46. The lowest BCUT2D eigenvalue weighted by Crippen LogP contribution is -2.32. The van der Waals surface area contributed by atoms with Crippen LogP contribution >= 0.6 is 0 Å². The molecule has 0 aliphatic heterocycles. The first kappa shape index (κ1) is 14.9. The van der Waals surface area contributed by atoms with Crippen LogP contribution in [0, 0.1) is 12.7 Å². The summed E-state index contributed by atoms with van der Waals surface area (Å²) in [5.41, 5.74) is 1.19. The molecule has 3 N–H and O–H groups in total. The number of urea groups is 1. The molecule has 1 unspecified atom stereocenters. The van der Waals surface area contributed by atoms with E-state index in [1.54, 1.807) is 18.2 Å². The number of aliphatic hydroxyl groups excluding tert-OH is 1. The van der Waals surface area contributed by atoms with Gasteiger partial charge in [-0.1, -0.05) is 18.2 Å². The molecule has 6 heteroatoms. The Labute approximate surface area is 121 Å². The van der Waals surface area contributed by atoms with Gasteiger partial charge in [-0.2, -0.15) is 0 Å². The number of pyridine rings is 1. The number of nitrogens with zero attached hydrogens (tertiary/aromatic N) is 1. The second kappa shape index (κ2) is 6.81. The summed E-state index contributed by atoms with van der Waals surface area (Å²) in [7, 11) is 0. The van der Waals surface area contributed by atoms with Crippen molar-refractivity contribution in [2.45, 2.75) is 13.0 Å². The number of nitrogens with one attached hydrogen (secondary N) is 2. The number of aromatic nitrogens is 1. The van der Waals surface area contributed by atoms with E-state index in [0.29, 0.717) is 11.4 Å². The first-order valence-corrected chi connectivity index (χ1v) is 6.46. The molecule has 110 valence electrons. The van der Waals surface area contributed by atoms with E-state index in [-0.39, 0.29) is 6.54 Å². The lowest BCUT2D eigenvalue weighted by molar-refractivity contribution is 0.174. The number of hydrogen-bond acceptors (Lipinski definition) is 3. The van der Waals surface area contributed by atoms with Crippen LogP contribution in [0.1, 0.15) is 17.4 Å². The normalized spacial score (nSPS) is 11.8. The molecule has 1 aromatic carbocycles. The number of rotatable bonds is 4. The third-order valence-electron chi connectivity index (χ3n) is 2.82. The number of carbonyl (C=O) groups is 1. The number of amides is 2. The Kier molecular flexibility index (Phi) is 4.84. The molecule has 0 saturated heterocycles. The average Bonchev–Trinajstić information content (AvgIpc) is 2.45. The van der Waals surface area contributed by atoms with Crippen molar-refractivity contribution < 1.29 is 14.3 Å². The summed E-state index contributed by atoms with van der Waals surface area (Å²) in [5, 5.41) is 14.9. The monoisotopic (exact) mass is 289 g/mol. The van der Waals surface area contributed by atoms with E-state index in [1.165, 1.54) is 18.2 Å². The zero-order chi connectivity index (χ0) is 15.2. The maximum Gasteiger partial charge on any atom is 0.320 e. The van der Waals surface area contributed by atoms with Crippen LogP contribution in [-0.2, 0) is 0 Å². The molecule has 0 saturated carbocycles. The van der Waals surface area contributed by atoms with Gasteiger partial charge < -0.3 is 10.4 Å². The predicted molar refractivity (Wildman–Crippen MR) is 77.4 cm³/mol. The van der Waals surface area contributed by atoms with Crippen LogP contribution in [0.3, 0.4) is 0 Å². The quantitative estimate of drug-likeness (QED) is 0.809. The molecule has 0 spiro atoms. The van der Waals surface area contributed by atoms with Gasteiger partial charge in [0.05, 0.1) is 6.10 Å². The summed E-state index contributed by atoms with van der Waals surface area (Å²) in [6, 6.07) is 10.4. The molecule has 0 radical (unpaired) electrons. The number of aryl methyl sites for hydroxylation is 1. The number of anilines is 1. The first-order chi connectivity index (χ1) is 10.0. The third-order valence-corrected chi connectivity index (χ3v) is 2.82. The van der Waals surface area contributed by atoms with Crippen LogP contribution in [-0.4, -0.2) is 22.7 Å². The van der Waals surface area contributed by atoms with Crippen molar-refractivity contribution in [3.63, 3.8) is 0 Å². The van der Waals surface area contributed by atoms with E-state index >= 15 is 0 Å². The molecular weight excluding hydrogens is 273 g/mol. The summed E-state index contributed by atoms with van der Waals surface area (Å²) in [4.78, 5) is 15.8. The maximum absolute atomic E-state index is 13.0. The standard InChI is InChI=1S/C15H16FN3O2/c1-10-4-2-7-14(18-10)19-15(21)17-9-13(20)11-5-3-6-12(16)8-11/h2-8,13,20H,9H2,1H3,(H2,17,18,19,21). The highest BCUT2D eigenvalue weighted by Crippen LogP contribution is 2.13. The fourth-order valence-corrected chi connectivity index (χ4v) is 1.79. The fourth-order valence-electron chi connectivity index (χ4n) is 1.79. The van der Waals surface area contributed by atoms with Crippen LogP contribution in [0.15, 0.2) is 42.5 Å². The Morgan fingerprint density at radius 1 is 1.33 bits per heavy atom. The second-order valence-electron chi connectivity index (χ2n) is 4.57. The van der Waals surface area contributed by atoms with Crippen molar-refractivity contribution in [2.24, 2.45) is 0 Å². The highest BCUT2D eigenvalue weighted by Gasteiger charge is 2.10. The Morgan fingerprint density at radius 2 is 2.10 bits per heavy atom. The maximum atomic E-state index is 13.0. The fraction of sp³-hybridized carbons (Fsp3) is 0.200. The van der Waals surface area contributed by atoms with Crippen LogP contribution in [0.25, 0.3) is 0 Å². The van der Waals surface area contributed by atoms with Crippen molar-refractivity contribution in [3.8, 4) is 0 Å². The third kappa shape index (κ3) is 4.54. The van der Waals surface area contributed by atoms with Crippen molar-refractivity contribution in [3.05, 3.63) is 59.5 Å². The van der Waals surface area contributed by atoms with Gasteiger partial charge in [-0.05, 0) is 36.8 Å². The summed E-state index contributed by atoms with van der Waals surface area (Å²) in [6.45, 7) is 1.79. The van der Waals surface area contributed by atoms with Gasteiger partial charge in [-0.15, -0.1) is 0 Å². The van der Waals surface area contributed by atoms with Gasteiger partial charge >= 0.3 is 6.03 Å². The van der Waals surface area contributed by atoms with Crippen LogP contribution in [0.2, 0.25) is 0 Å². The van der Waals surface area contributed by atoms with Gasteiger partial charge in [0.25, 0.3) is 0 Å².